The average molecular weight is 519 g/mol. The van der Waals surface area contributed by atoms with E-state index >= 15 is 0 Å². The van der Waals surface area contributed by atoms with E-state index in [0.29, 0.717) is 5.57 Å². The fourth-order valence-corrected chi connectivity index (χ4v) is 3.93. The van der Waals surface area contributed by atoms with Crippen molar-refractivity contribution in [1.29, 1.82) is 0 Å². The van der Waals surface area contributed by atoms with E-state index in [4.69, 9.17) is 0 Å². The monoisotopic (exact) mass is 517 g/mol. The van der Waals surface area contributed by atoms with Gasteiger partial charge in [-0.3, -0.25) is 4.79 Å². The summed E-state index contributed by atoms with van der Waals surface area (Å²) < 4.78 is 3.15. The highest BCUT2D eigenvalue weighted by atomic mass is 127. The largest absolute Gasteiger partial charge is 0.321 e. The van der Waals surface area contributed by atoms with Crippen LogP contribution in [0.1, 0.15) is 16.7 Å². The van der Waals surface area contributed by atoms with Crippen molar-refractivity contribution in [3.63, 3.8) is 0 Å². The molecule has 5 heteroatoms. The minimum absolute atomic E-state index is 0.0557. The van der Waals surface area contributed by atoms with Gasteiger partial charge in [0.1, 0.15) is 0 Å². The maximum atomic E-state index is 12.2. The first-order chi connectivity index (χ1) is 9.95. The molecule has 0 bridgehead atoms. The number of amides is 1. The maximum absolute atomic E-state index is 12.2. The van der Waals surface area contributed by atoms with Crippen molar-refractivity contribution in [3.8, 4) is 0 Å². The molecule has 2 nitrogen and oxygen atoms in total. The van der Waals surface area contributed by atoms with Gasteiger partial charge >= 0.3 is 0 Å². The lowest BCUT2D eigenvalue weighted by Crippen LogP contribution is -2.03. The SMILES string of the molecule is Cc1c(Br)cc(/C=C2\C(=O)Nc3ccc(I)cc32)cc1Br. The minimum atomic E-state index is -0.0557. The zero-order valence-electron chi connectivity index (χ0n) is 11.0. The number of fused-ring (bicyclic) bond motifs is 1. The van der Waals surface area contributed by atoms with Crippen molar-refractivity contribution in [2.45, 2.75) is 6.92 Å². The number of carbonyl (C=O) groups excluding carboxylic acids is 1. The summed E-state index contributed by atoms with van der Waals surface area (Å²) in [6, 6.07) is 9.99. The number of benzene rings is 2. The van der Waals surface area contributed by atoms with E-state index in [1.165, 1.54) is 0 Å². The highest BCUT2D eigenvalue weighted by molar-refractivity contribution is 14.1. The number of carbonyl (C=O) groups is 1. The Labute approximate surface area is 153 Å². The zero-order valence-corrected chi connectivity index (χ0v) is 16.3. The van der Waals surface area contributed by atoms with E-state index in [0.717, 1.165) is 34.9 Å². The topological polar surface area (TPSA) is 29.1 Å². The molecule has 0 radical (unpaired) electrons. The van der Waals surface area contributed by atoms with Gasteiger partial charge in [0.25, 0.3) is 5.91 Å². The van der Waals surface area contributed by atoms with E-state index in [2.05, 4.69) is 59.8 Å². The number of hydrogen-bond donors (Lipinski definition) is 1. The minimum Gasteiger partial charge on any atom is -0.321 e. The summed E-state index contributed by atoms with van der Waals surface area (Å²) in [5.41, 5.74) is 4.65. The van der Waals surface area contributed by atoms with Crippen LogP contribution in [0.3, 0.4) is 0 Å². The number of nitrogens with one attached hydrogen (secondary N) is 1. The lowest BCUT2D eigenvalue weighted by molar-refractivity contribution is -0.110. The van der Waals surface area contributed by atoms with E-state index in [9.17, 15) is 4.79 Å². The van der Waals surface area contributed by atoms with Crippen molar-refractivity contribution in [1.82, 2.24) is 0 Å². The molecule has 1 N–H and O–H groups in total. The quantitative estimate of drug-likeness (QED) is 0.385. The third-order valence-electron chi connectivity index (χ3n) is 3.38. The second kappa shape index (κ2) is 5.85. The Kier molecular flexibility index (Phi) is 4.25. The van der Waals surface area contributed by atoms with Gasteiger partial charge in [-0.15, -0.1) is 0 Å². The molecule has 0 saturated heterocycles. The lowest BCUT2D eigenvalue weighted by Gasteiger charge is -2.05. The van der Waals surface area contributed by atoms with Gasteiger partial charge < -0.3 is 5.32 Å². The van der Waals surface area contributed by atoms with Crippen LogP contribution in [0.4, 0.5) is 5.69 Å². The van der Waals surface area contributed by atoms with Crippen LogP contribution in [0, 0.1) is 10.5 Å². The molecule has 3 rings (SSSR count). The van der Waals surface area contributed by atoms with Crippen molar-refractivity contribution in [3.05, 3.63) is 59.5 Å². The first-order valence-corrected chi connectivity index (χ1v) is 8.91. The van der Waals surface area contributed by atoms with E-state index in [-0.39, 0.29) is 5.91 Å². The Hall–Kier alpha value is -0.660. The second-order valence-corrected chi connectivity index (χ2v) is 7.77. The van der Waals surface area contributed by atoms with E-state index < -0.39 is 0 Å². The zero-order chi connectivity index (χ0) is 15.1. The predicted octanol–water partition coefficient (Wildman–Crippen LogP) is 5.62. The van der Waals surface area contributed by atoms with Gasteiger partial charge in [-0.1, -0.05) is 31.9 Å². The molecule has 1 heterocycles. The first kappa shape index (κ1) is 15.2. The van der Waals surface area contributed by atoms with Crippen molar-refractivity contribution < 1.29 is 4.79 Å². The molecule has 21 heavy (non-hydrogen) atoms. The second-order valence-electron chi connectivity index (χ2n) is 4.81. The fourth-order valence-electron chi connectivity index (χ4n) is 2.22. The normalized spacial score (nSPS) is 15.2. The molecule has 106 valence electrons. The van der Waals surface area contributed by atoms with Gasteiger partial charge in [-0.05, 0) is 77.0 Å². The summed E-state index contributed by atoms with van der Waals surface area (Å²) in [6.07, 6.45) is 1.92. The summed E-state index contributed by atoms with van der Waals surface area (Å²) in [7, 11) is 0. The van der Waals surface area contributed by atoms with Crippen LogP contribution in [-0.4, -0.2) is 5.91 Å². The summed E-state index contributed by atoms with van der Waals surface area (Å²) in [4.78, 5) is 12.2. The Balaban J connectivity index is 2.13. The molecule has 0 saturated carbocycles. The van der Waals surface area contributed by atoms with Crippen molar-refractivity contribution in [2.24, 2.45) is 0 Å². The smallest absolute Gasteiger partial charge is 0.256 e. The van der Waals surface area contributed by atoms with Crippen LogP contribution in [0.25, 0.3) is 11.6 Å². The molecule has 1 aliphatic rings. The van der Waals surface area contributed by atoms with Gasteiger partial charge in [0.05, 0.1) is 0 Å². The van der Waals surface area contributed by atoms with Crippen LogP contribution in [0.5, 0.6) is 0 Å². The highest BCUT2D eigenvalue weighted by Gasteiger charge is 2.24. The molecule has 1 aliphatic heterocycles. The van der Waals surface area contributed by atoms with Crippen molar-refractivity contribution in [2.75, 3.05) is 5.32 Å². The highest BCUT2D eigenvalue weighted by Crippen LogP contribution is 2.35. The molecule has 0 fully saturated rings. The molecular formula is C16H10Br2INO. The van der Waals surface area contributed by atoms with Gasteiger partial charge in [0.2, 0.25) is 0 Å². The molecular weight excluding hydrogens is 509 g/mol. The van der Waals surface area contributed by atoms with E-state index in [1.54, 1.807) is 0 Å². The van der Waals surface area contributed by atoms with Gasteiger partial charge in [0, 0.05) is 29.3 Å². The lowest BCUT2D eigenvalue weighted by atomic mass is 10.0. The number of hydrogen-bond acceptors (Lipinski definition) is 1. The Morgan fingerprint density at radius 2 is 1.81 bits per heavy atom. The maximum Gasteiger partial charge on any atom is 0.256 e. The Morgan fingerprint density at radius 1 is 1.14 bits per heavy atom. The van der Waals surface area contributed by atoms with Crippen LogP contribution in [-0.2, 0) is 4.79 Å². The third-order valence-corrected chi connectivity index (χ3v) is 5.70. The average Bonchev–Trinajstić information content (AvgIpc) is 2.72. The van der Waals surface area contributed by atoms with Crippen LogP contribution in [0.15, 0.2) is 39.3 Å². The number of rotatable bonds is 1. The Morgan fingerprint density at radius 3 is 2.48 bits per heavy atom. The molecule has 0 unspecified atom stereocenters. The van der Waals surface area contributed by atoms with Gasteiger partial charge in [-0.25, -0.2) is 0 Å². The molecule has 0 aliphatic carbocycles. The molecule has 0 atom stereocenters. The Bertz CT molecular complexity index is 776. The molecule has 2 aromatic carbocycles. The van der Waals surface area contributed by atoms with Crippen LogP contribution in [0.2, 0.25) is 0 Å². The van der Waals surface area contributed by atoms with Crippen molar-refractivity contribution >= 4 is 77.7 Å². The van der Waals surface area contributed by atoms with Gasteiger partial charge in [-0.2, -0.15) is 0 Å². The van der Waals surface area contributed by atoms with E-state index in [1.807, 2.05) is 43.3 Å². The third kappa shape index (κ3) is 2.96. The number of anilines is 1. The van der Waals surface area contributed by atoms with Crippen LogP contribution >= 0.6 is 54.5 Å². The summed E-state index contributed by atoms with van der Waals surface area (Å²) in [5.74, 6) is -0.0557. The van der Waals surface area contributed by atoms with Gasteiger partial charge in [0.15, 0.2) is 0 Å². The number of halogens is 3. The molecule has 1 amide bonds. The van der Waals surface area contributed by atoms with Crippen LogP contribution < -0.4 is 5.32 Å². The standard InChI is InChI=1S/C16H10Br2INO/c1-8-13(17)5-9(6-14(8)18)4-12-11-7-10(19)2-3-15(11)20-16(12)21/h2-7H,1H3,(H,20,21)/b12-4-. The first-order valence-electron chi connectivity index (χ1n) is 6.24. The predicted molar refractivity (Wildman–Crippen MR) is 102 cm³/mol. The summed E-state index contributed by atoms with van der Waals surface area (Å²) in [5, 5.41) is 2.90. The molecule has 0 spiro atoms. The fraction of sp³-hybridized carbons (Fsp3) is 0.0625. The summed E-state index contributed by atoms with van der Waals surface area (Å²) >= 11 is 9.34. The summed E-state index contributed by atoms with van der Waals surface area (Å²) in [6.45, 7) is 2.03. The molecule has 2 aromatic rings. The molecule has 0 aromatic heterocycles.